The van der Waals surface area contributed by atoms with Crippen molar-refractivity contribution in [3.05, 3.63) is 0 Å². The lowest BCUT2D eigenvalue weighted by atomic mass is 9.69. The van der Waals surface area contributed by atoms with Crippen molar-refractivity contribution in [3.63, 3.8) is 0 Å². The van der Waals surface area contributed by atoms with Gasteiger partial charge in [-0.1, -0.05) is 20.8 Å². The van der Waals surface area contributed by atoms with Gasteiger partial charge in [-0.3, -0.25) is 4.79 Å². The van der Waals surface area contributed by atoms with Crippen molar-refractivity contribution in [3.8, 4) is 0 Å². The molecule has 0 spiro atoms. The van der Waals surface area contributed by atoms with E-state index >= 15 is 0 Å². The molecule has 1 saturated carbocycles. The van der Waals surface area contributed by atoms with Gasteiger partial charge in [-0.15, -0.1) is 0 Å². The molecule has 0 atom stereocenters. The van der Waals surface area contributed by atoms with Crippen LogP contribution in [-0.4, -0.2) is 24.9 Å². The molecule has 0 aromatic carbocycles. The van der Waals surface area contributed by atoms with Gasteiger partial charge in [0.15, 0.2) is 0 Å². The Bertz CT molecular complexity index is 219. The van der Waals surface area contributed by atoms with Crippen molar-refractivity contribution >= 4 is 5.91 Å². The second-order valence-electron chi connectivity index (χ2n) is 6.15. The van der Waals surface area contributed by atoms with Gasteiger partial charge in [-0.05, 0) is 37.0 Å². The standard InChI is InChI=1S/C13H25NO/c1-13(2,3)11-8-6-10(7-9-11)12(15)14(4)5/h10-11H,6-9H2,1-5H3/t10-,11+. The molecule has 1 amide bonds. The summed E-state index contributed by atoms with van der Waals surface area (Å²) < 4.78 is 0. The Morgan fingerprint density at radius 1 is 1.07 bits per heavy atom. The lowest BCUT2D eigenvalue weighted by molar-refractivity contribution is -0.134. The average molecular weight is 211 g/mol. The summed E-state index contributed by atoms with van der Waals surface area (Å²) in [6.07, 6.45) is 4.60. The molecule has 0 heterocycles. The zero-order valence-electron chi connectivity index (χ0n) is 10.8. The van der Waals surface area contributed by atoms with E-state index in [-0.39, 0.29) is 0 Å². The van der Waals surface area contributed by atoms with Crippen molar-refractivity contribution in [2.75, 3.05) is 14.1 Å². The quantitative estimate of drug-likeness (QED) is 0.653. The normalized spacial score (nSPS) is 27.5. The maximum atomic E-state index is 11.8. The third-order valence-electron chi connectivity index (χ3n) is 3.74. The molecule has 0 aromatic rings. The number of nitrogens with zero attached hydrogens (tertiary/aromatic N) is 1. The van der Waals surface area contributed by atoms with Crippen LogP contribution in [0.3, 0.4) is 0 Å². The molecule has 1 aliphatic carbocycles. The maximum absolute atomic E-state index is 11.8. The van der Waals surface area contributed by atoms with Gasteiger partial charge in [0.25, 0.3) is 0 Å². The molecule has 1 aliphatic rings. The van der Waals surface area contributed by atoms with Crippen LogP contribution in [0.5, 0.6) is 0 Å². The molecule has 0 unspecified atom stereocenters. The maximum Gasteiger partial charge on any atom is 0.225 e. The number of carbonyl (C=O) groups is 1. The van der Waals surface area contributed by atoms with Gasteiger partial charge in [0.2, 0.25) is 5.91 Å². The Morgan fingerprint density at radius 3 is 1.87 bits per heavy atom. The first-order valence-corrected chi connectivity index (χ1v) is 6.03. The molecule has 0 aromatic heterocycles. The minimum absolute atomic E-state index is 0.290. The minimum atomic E-state index is 0.290. The van der Waals surface area contributed by atoms with Crippen LogP contribution in [-0.2, 0) is 4.79 Å². The van der Waals surface area contributed by atoms with Crippen molar-refractivity contribution in [2.45, 2.75) is 46.5 Å². The molecule has 0 saturated heterocycles. The van der Waals surface area contributed by atoms with E-state index < -0.39 is 0 Å². The van der Waals surface area contributed by atoms with Gasteiger partial charge in [-0.2, -0.15) is 0 Å². The van der Waals surface area contributed by atoms with Crippen LogP contribution >= 0.6 is 0 Å². The van der Waals surface area contributed by atoms with Crippen LogP contribution in [0.1, 0.15) is 46.5 Å². The van der Waals surface area contributed by atoms with E-state index in [1.165, 1.54) is 12.8 Å². The highest BCUT2D eigenvalue weighted by Gasteiger charge is 2.32. The fourth-order valence-electron chi connectivity index (χ4n) is 2.57. The molecule has 0 aliphatic heterocycles. The summed E-state index contributed by atoms with van der Waals surface area (Å²) in [5.74, 6) is 1.41. The molecule has 2 heteroatoms. The molecule has 15 heavy (non-hydrogen) atoms. The summed E-state index contributed by atoms with van der Waals surface area (Å²) in [4.78, 5) is 13.5. The van der Waals surface area contributed by atoms with E-state index in [9.17, 15) is 4.79 Å². The van der Waals surface area contributed by atoms with Crippen LogP contribution in [0.2, 0.25) is 0 Å². The van der Waals surface area contributed by atoms with Crippen molar-refractivity contribution in [1.29, 1.82) is 0 Å². The van der Waals surface area contributed by atoms with E-state index in [1.807, 2.05) is 14.1 Å². The first-order valence-electron chi connectivity index (χ1n) is 6.03. The van der Waals surface area contributed by atoms with Crippen molar-refractivity contribution < 1.29 is 4.79 Å². The molecule has 2 nitrogen and oxygen atoms in total. The van der Waals surface area contributed by atoms with Crippen LogP contribution in [0.25, 0.3) is 0 Å². The fourth-order valence-corrected chi connectivity index (χ4v) is 2.57. The van der Waals surface area contributed by atoms with Crippen LogP contribution in [0.4, 0.5) is 0 Å². The molecule has 0 radical (unpaired) electrons. The van der Waals surface area contributed by atoms with E-state index in [0.29, 0.717) is 17.2 Å². The Kier molecular flexibility index (Phi) is 3.80. The predicted octanol–water partition coefficient (Wildman–Crippen LogP) is 2.93. The summed E-state index contributed by atoms with van der Waals surface area (Å²) in [5, 5.41) is 0. The smallest absolute Gasteiger partial charge is 0.225 e. The van der Waals surface area contributed by atoms with Gasteiger partial charge in [-0.25, -0.2) is 0 Å². The van der Waals surface area contributed by atoms with Gasteiger partial charge in [0, 0.05) is 20.0 Å². The van der Waals surface area contributed by atoms with Gasteiger partial charge < -0.3 is 4.90 Å². The average Bonchev–Trinajstić information content (AvgIpc) is 2.15. The van der Waals surface area contributed by atoms with Gasteiger partial charge in [0.1, 0.15) is 0 Å². The van der Waals surface area contributed by atoms with E-state index in [4.69, 9.17) is 0 Å². The Hall–Kier alpha value is -0.530. The summed E-state index contributed by atoms with van der Waals surface area (Å²) in [6.45, 7) is 6.93. The minimum Gasteiger partial charge on any atom is -0.349 e. The second kappa shape index (κ2) is 4.54. The monoisotopic (exact) mass is 211 g/mol. The van der Waals surface area contributed by atoms with E-state index in [2.05, 4.69) is 20.8 Å². The third kappa shape index (κ3) is 3.22. The second-order valence-corrected chi connectivity index (χ2v) is 6.15. The van der Waals surface area contributed by atoms with Gasteiger partial charge >= 0.3 is 0 Å². The zero-order valence-corrected chi connectivity index (χ0v) is 10.8. The summed E-state index contributed by atoms with van der Waals surface area (Å²) in [7, 11) is 3.72. The Balaban J connectivity index is 2.46. The molecular weight excluding hydrogens is 186 g/mol. The molecule has 0 N–H and O–H groups in total. The molecular formula is C13H25NO. The summed E-state index contributed by atoms with van der Waals surface area (Å²) in [6, 6.07) is 0. The largest absolute Gasteiger partial charge is 0.349 e. The number of hydrogen-bond donors (Lipinski definition) is 0. The topological polar surface area (TPSA) is 20.3 Å². The van der Waals surface area contributed by atoms with E-state index in [0.717, 1.165) is 18.8 Å². The Labute approximate surface area is 94.0 Å². The number of carbonyl (C=O) groups excluding carboxylic acids is 1. The highest BCUT2D eigenvalue weighted by atomic mass is 16.2. The SMILES string of the molecule is CN(C)C(=O)[C@H]1CC[C@@H](C(C)(C)C)CC1. The number of rotatable bonds is 1. The van der Waals surface area contributed by atoms with Crippen LogP contribution in [0, 0.1) is 17.3 Å². The van der Waals surface area contributed by atoms with Gasteiger partial charge in [0.05, 0.1) is 0 Å². The van der Waals surface area contributed by atoms with Crippen LogP contribution < -0.4 is 0 Å². The number of amides is 1. The first kappa shape index (κ1) is 12.5. The van der Waals surface area contributed by atoms with Crippen LogP contribution in [0.15, 0.2) is 0 Å². The van der Waals surface area contributed by atoms with Crippen molar-refractivity contribution in [2.24, 2.45) is 17.3 Å². The summed E-state index contributed by atoms with van der Waals surface area (Å²) in [5.41, 5.74) is 0.409. The molecule has 88 valence electrons. The summed E-state index contributed by atoms with van der Waals surface area (Å²) >= 11 is 0. The zero-order chi connectivity index (χ0) is 11.6. The predicted molar refractivity (Wildman–Crippen MR) is 63.6 cm³/mol. The highest BCUT2D eigenvalue weighted by Crippen LogP contribution is 2.40. The lowest BCUT2D eigenvalue weighted by Gasteiger charge is -2.37. The highest BCUT2D eigenvalue weighted by molar-refractivity contribution is 5.78. The Morgan fingerprint density at radius 2 is 1.53 bits per heavy atom. The molecule has 0 bridgehead atoms. The fraction of sp³-hybridized carbons (Fsp3) is 0.923. The molecule has 1 rings (SSSR count). The van der Waals surface area contributed by atoms with Crippen molar-refractivity contribution in [1.82, 2.24) is 4.90 Å². The lowest BCUT2D eigenvalue weighted by Crippen LogP contribution is -2.34. The molecule has 1 fully saturated rings. The number of hydrogen-bond acceptors (Lipinski definition) is 1. The first-order chi connectivity index (χ1) is 6.82. The van der Waals surface area contributed by atoms with E-state index in [1.54, 1.807) is 4.90 Å². The third-order valence-corrected chi connectivity index (χ3v) is 3.74.